The number of para-hydroxylation sites is 1. The summed E-state index contributed by atoms with van der Waals surface area (Å²) in [6.45, 7) is 1.59. The summed E-state index contributed by atoms with van der Waals surface area (Å²) in [5.74, 6) is 3.78. The van der Waals surface area contributed by atoms with Crippen molar-refractivity contribution in [3.8, 4) is 5.75 Å². The largest absolute Gasteiger partial charge is 0.493 e. The second-order valence-electron chi connectivity index (χ2n) is 3.41. The van der Waals surface area contributed by atoms with E-state index in [0.29, 0.717) is 5.92 Å². The lowest BCUT2D eigenvalue weighted by molar-refractivity contribution is 0.339. The number of nitrogens with two attached hydrogens (primary N) is 1. The van der Waals surface area contributed by atoms with E-state index in [9.17, 15) is 0 Å². The number of thioether (sulfide) groups is 1. The minimum absolute atomic E-state index is 0.558. The normalized spacial score (nSPS) is 19.1. The van der Waals surface area contributed by atoms with E-state index >= 15 is 0 Å². The zero-order chi connectivity index (χ0) is 9.80. The monoisotopic (exact) mass is 209 g/mol. The molecule has 1 unspecified atom stereocenters. The Hall–Kier alpha value is -0.670. The molecule has 0 spiro atoms. The highest BCUT2D eigenvalue weighted by molar-refractivity contribution is 7.99. The third-order valence-corrected chi connectivity index (χ3v) is 3.54. The first kappa shape index (κ1) is 9.87. The van der Waals surface area contributed by atoms with Crippen LogP contribution in [-0.4, -0.2) is 24.7 Å². The zero-order valence-corrected chi connectivity index (χ0v) is 8.93. The molecule has 3 heteroatoms. The van der Waals surface area contributed by atoms with Gasteiger partial charge in [0.25, 0.3) is 0 Å². The van der Waals surface area contributed by atoms with Crippen LogP contribution in [0.5, 0.6) is 5.75 Å². The van der Waals surface area contributed by atoms with E-state index in [2.05, 4.69) is 12.1 Å². The molecule has 1 aliphatic rings. The Balaban J connectivity index is 1.96. The Bertz CT molecular complexity index is 303. The van der Waals surface area contributed by atoms with Gasteiger partial charge in [-0.3, -0.25) is 0 Å². The average molecular weight is 209 g/mol. The lowest BCUT2D eigenvalue weighted by Gasteiger charge is -2.07. The topological polar surface area (TPSA) is 35.2 Å². The lowest BCUT2D eigenvalue weighted by atomic mass is 10.0. The Kier molecular flexibility index (Phi) is 3.32. The Labute approximate surface area is 88.8 Å². The Morgan fingerprint density at radius 3 is 3.14 bits per heavy atom. The third-order valence-electron chi connectivity index (χ3n) is 2.38. The maximum absolute atomic E-state index is 5.60. The molecule has 2 nitrogen and oxygen atoms in total. The fourth-order valence-electron chi connectivity index (χ4n) is 1.68. The van der Waals surface area contributed by atoms with Crippen molar-refractivity contribution in [2.24, 2.45) is 5.73 Å². The summed E-state index contributed by atoms with van der Waals surface area (Å²) >= 11 is 1.91. The van der Waals surface area contributed by atoms with E-state index in [-0.39, 0.29) is 0 Å². The average Bonchev–Trinajstić information content (AvgIpc) is 2.63. The fraction of sp³-hybridized carbons (Fsp3) is 0.455. The molecule has 0 amide bonds. The van der Waals surface area contributed by atoms with Gasteiger partial charge in [0.05, 0.1) is 6.61 Å². The molecule has 1 heterocycles. The van der Waals surface area contributed by atoms with Gasteiger partial charge in [-0.1, -0.05) is 18.2 Å². The third kappa shape index (κ3) is 2.04. The van der Waals surface area contributed by atoms with Gasteiger partial charge in [0.1, 0.15) is 5.75 Å². The van der Waals surface area contributed by atoms with E-state index in [4.69, 9.17) is 10.5 Å². The summed E-state index contributed by atoms with van der Waals surface area (Å²) in [6, 6.07) is 8.31. The van der Waals surface area contributed by atoms with Gasteiger partial charge in [-0.15, -0.1) is 0 Å². The first-order valence-electron chi connectivity index (χ1n) is 4.91. The van der Waals surface area contributed by atoms with Crippen molar-refractivity contribution in [2.75, 3.05) is 24.7 Å². The van der Waals surface area contributed by atoms with Gasteiger partial charge >= 0.3 is 0 Å². The van der Waals surface area contributed by atoms with Gasteiger partial charge in [-0.2, -0.15) is 11.8 Å². The Morgan fingerprint density at radius 1 is 1.43 bits per heavy atom. The molecular weight excluding hydrogens is 194 g/mol. The summed E-state index contributed by atoms with van der Waals surface area (Å²) in [5, 5.41) is 0. The highest BCUT2D eigenvalue weighted by atomic mass is 32.2. The van der Waals surface area contributed by atoms with Crippen molar-refractivity contribution in [3.05, 3.63) is 29.8 Å². The SMILES string of the molecule is NCCSCC1COc2ccccc21. The van der Waals surface area contributed by atoms with Crippen LogP contribution < -0.4 is 10.5 Å². The van der Waals surface area contributed by atoms with E-state index in [1.807, 2.05) is 23.9 Å². The van der Waals surface area contributed by atoms with E-state index in [1.54, 1.807) is 0 Å². The van der Waals surface area contributed by atoms with Crippen LogP contribution in [0.3, 0.4) is 0 Å². The predicted molar refractivity (Wildman–Crippen MR) is 61.1 cm³/mol. The van der Waals surface area contributed by atoms with Gasteiger partial charge in [0, 0.05) is 29.5 Å². The summed E-state index contributed by atoms with van der Waals surface area (Å²) < 4.78 is 5.60. The first-order valence-corrected chi connectivity index (χ1v) is 6.07. The maximum Gasteiger partial charge on any atom is 0.122 e. The first-order chi connectivity index (χ1) is 6.92. The van der Waals surface area contributed by atoms with Crippen LogP contribution in [0.2, 0.25) is 0 Å². The highest BCUT2D eigenvalue weighted by Gasteiger charge is 2.22. The smallest absolute Gasteiger partial charge is 0.122 e. The fourth-order valence-corrected chi connectivity index (χ4v) is 2.57. The van der Waals surface area contributed by atoms with Crippen LogP contribution in [0.1, 0.15) is 11.5 Å². The number of hydrogen-bond acceptors (Lipinski definition) is 3. The van der Waals surface area contributed by atoms with Crippen LogP contribution in [-0.2, 0) is 0 Å². The summed E-state index contributed by atoms with van der Waals surface area (Å²) in [7, 11) is 0. The molecule has 0 aromatic heterocycles. The number of ether oxygens (including phenoxy) is 1. The summed E-state index contributed by atoms with van der Waals surface area (Å²) in [4.78, 5) is 0. The zero-order valence-electron chi connectivity index (χ0n) is 8.11. The van der Waals surface area contributed by atoms with E-state index in [0.717, 1.165) is 30.4 Å². The molecule has 0 saturated heterocycles. The molecule has 0 aliphatic carbocycles. The predicted octanol–water partition coefficient (Wildman–Crippen LogP) is 1.85. The molecule has 76 valence electrons. The molecule has 2 rings (SSSR count). The lowest BCUT2D eigenvalue weighted by Crippen LogP contribution is -2.07. The van der Waals surface area contributed by atoms with Crippen LogP contribution in [0.25, 0.3) is 0 Å². The van der Waals surface area contributed by atoms with Crippen molar-refractivity contribution < 1.29 is 4.74 Å². The van der Waals surface area contributed by atoms with Gasteiger partial charge in [-0.25, -0.2) is 0 Å². The van der Waals surface area contributed by atoms with Gasteiger partial charge in [0.2, 0.25) is 0 Å². The van der Waals surface area contributed by atoms with Crippen LogP contribution >= 0.6 is 11.8 Å². The Morgan fingerprint density at radius 2 is 2.29 bits per heavy atom. The standard InChI is InChI=1S/C11H15NOS/c12-5-6-14-8-9-7-13-11-4-2-1-3-10(9)11/h1-4,9H,5-8,12H2. The number of rotatable bonds is 4. The van der Waals surface area contributed by atoms with Crippen molar-refractivity contribution in [1.29, 1.82) is 0 Å². The molecule has 1 atom stereocenters. The van der Waals surface area contributed by atoms with Crippen molar-refractivity contribution in [2.45, 2.75) is 5.92 Å². The van der Waals surface area contributed by atoms with Crippen LogP contribution in [0.4, 0.5) is 0 Å². The molecule has 1 aromatic rings. The molecule has 1 aliphatic heterocycles. The molecule has 0 radical (unpaired) electrons. The number of fused-ring (bicyclic) bond motifs is 1. The molecule has 2 N–H and O–H groups in total. The van der Waals surface area contributed by atoms with Crippen LogP contribution in [0.15, 0.2) is 24.3 Å². The minimum atomic E-state index is 0.558. The molecule has 0 bridgehead atoms. The van der Waals surface area contributed by atoms with E-state index < -0.39 is 0 Å². The molecule has 0 fully saturated rings. The van der Waals surface area contributed by atoms with Gasteiger partial charge in [0.15, 0.2) is 0 Å². The van der Waals surface area contributed by atoms with Crippen molar-refractivity contribution in [1.82, 2.24) is 0 Å². The molecule has 0 saturated carbocycles. The molecular formula is C11H15NOS. The second-order valence-corrected chi connectivity index (χ2v) is 4.56. The van der Waals surface area contributed by atoms with Gasteiger partial charge in [-0.05, 0) is 6.07 Å². The summed E-state index contributed by atoms with van der Waals surface area (Å²) in [5.41, 5.74) is 6.81. The number of benzene rings is 1. The van der Waals surface area contributed by atoms with Gasteiger partial charge < -0.3 is 10.5 Å². The highest BCUT2D eigenvalue weighted by Crippen LogP contribution is 2.35. The van der Waals surface area contributed by atoms with Crippen molar-refractivity contribution in [3.63, 3.8) is 0 Å². The molecule has 14 heavy (non-hydrogen) atoms. The molecule has 1 aromatic carbocycles. The maximum atomic E-state index is 5.60. The minimum Gasteiger partial charge on any atom is -0.493 e. The summed E-state index contributed by atoms with van der Waals surface area (Å²) in [6.07, 6.45) is 0. The van der Waals surface area contributed by atoms with E-state index in [1.165, 1.54) is 5.56 Å². The quantitative estimate of drug-likeness (QED) is 0.769. The van der Waals surface area contributed by atoms with Crippen LogP contribution in [0, 0.1) is 0 Å². The van der Waals surface area contributed by atoms with Crippen molar-refractivity contribution >= 4 is 11.8 Å². The second kappa shape index (κ2) is 4.71. The number of hydrogen-bond donors (Lipinski definition) is 1.